The maximum atomic E-state index is 13.8. The smallest absolute Gasteiger partial charge is 0.266 e. The zero-order valence-electron chi connectivity index (χ0n) is 14.2. The molecule has 1 aliphatic heterocycles. The Hall–Kier alpha value is -2.71. The molecule has 0 aromatic heterocycles. The number of benzene rings is 2. The lowest BCUT2D eigenvalue weighted by Crippen LogP contribution is -2.36. The Morgan fingerprint density at radius 3 is 2.78 bits per heavy atom. The Morgan fingerprint density at radius 2 is 2.07 bits per heavy atom. The van der Waals surface area contributed by atoms with Gasteiger partial charge in [0, 0.05) is 11.3 Å². The Balaban J connectivity index is 1.72. The van der Waals surface area contributed by atoms with Crippen LogP contribution in [0.3, 0.4) is 0 Å². The highest BCUT2D eigenvalue weighted by molar-refractivity contribution is 8.26. The first-order valence-electron chi connectivity index (χ1n) is 7.94. The fourth-order valence-corrected chi connectivity index (χ4v) is 3.74. The first-order chi connectivity index (χ1) is 12.8. The van der Waals surface area contributed by atoms with E-state index in [4.69, 9.17) is 12.2 Å². The number of rotatable bonds is 4. The van der Waals surface area contributed by atoms with E-state index in [1.807, 2.05) is 0 Å². The lowest BCUT2D eigenvalue weighted by atomic mass is 10.2. The van der Waals surface area contributed by atoms with Gasteiger partial charge < -0.3 is 10.4 Å². The summed E-state index contributed by atoms with van der Waals surface area (Å²) in [5, 5.41) is 12.1. The fraction of sp³-hybridized carbons (Fsp3) is 0.105. The lowest BCUT2D eigenvalue weighted by molar-refractivity contribution is -0.126. The van der Waals surface area contributed by atoms with E-state index in [9.17, 15) is 19.1 Å². The number of amides is 2. The van der Waals surface area contributed by atoms with Crippen molar-refractivity contribution in [1.82, 2.24) is 4.90 Å². The van der Waals surface area contributed by atoms with E-state index in [-0.39, 0.29) is 27.1 Å². The van der Waals surface area contributed by atoms with Gasteiger partial charge in [-0.15, -0.1) is 0 Å². The van der Waals surface area contributed by atoms with Crippen LogP contribution >= 0.6 is 24.0 Å². The molecule has 0 radical (unpaired) electrons. The number of halogens is 1. The van der Waals surface area contributed by atoms with Crippen LogP contribution in [0.4, 0.5) is 10.1 Å². The molecular weight excluding hydrogens is 387 g/mol. The number of hydrogen-bond acceptors (Lipinski definition) is 5. The van der Waals surface area contributed by atoms with Crippen molar-refractivity contribution in [1.29, 1.82) is 0 Å². The maximum absolute atomic E-state index is 13.8. The number of phenols is 1. The Labute approximate surface area is 164 Å². The van der Waals surface area contributed by atoms with Gasteiger partial charge in [-0.1, -0.05) is 42.2 Å². The third kappa shape index (κ3) is 4.35. The SMILES string of the molecule is Cc1cc(O)ccc1NC(=O)CN1C(=O)/C(=C/c2ccccc2F)SC1=S. The molecular formula is C19H15FN2O3S2. The molecule has 2 aromatic carbocycles. The first kappa shape index (κ1) is 19.1. The zero-order chi connectivity index (χ0) is 19.6. The molecule has 0 saturated carbocycles. The molecule has 0 aliphatic carbocycles. The summed E-state index contributed by atoms with van der Waals surface area (Å²) < 4.78 is 14.0. The van der Waals surface area contributed by atoms with Crippen molar-refractivity contribution in [3.8, 4) is 5.75 Å². The minimum atomic E-state index is -0.441. The summed E-state index contributed by atoms with van der Waals surface area (Å²) in [4.78, 5) is 26.3. The van der Waals surface area contributed by atoms with Crippen molar-refractivity contribution in [3.63, 3.8) is 0 Å². The zero-order valence-corrected chi connectivity index (χ0v) is 15.9. The second kappa shape index (κ2) is 7.89. The van der Waals surface area contributed by atoms with Gasteiger partial charge in [0.2, 0.25) is 5.91 Å². The van der Waals surface area contributed by atoms with Gasteiger partial charge in [0.05, 0.1) is 4.91 Å². The van der Waals surface area contributed by atoms with Crippen LogP contribution in [0.1, 0.15) is 11.1 Å². The van der Waals surface area contributed by atoms with Gasteiger partial charge in [0.25, 0.3) is 5.91 Å². The molecule has 2 amide bonds. The average molecular weight is 402 g/mol. The van der Waals surface area contributed by atoms with E-state index in [2.05, 4.69) is 5.32 Å². The number of nitrogens with one attached hydrogen (secondary N) is 1. The minimum Gasteiger partial charge on any atom is -0.508 e. The third-order valence-electron chi connectivity index (χ3n) is 3.85. The van der Waals surface area contributed by atoms with Crippen LogP contribution in [-0.4, -0.2) is 32.7 Å². The van der Waals surface area contributed by atoms with Crippen molar-refractivity contribution in [2.75, 3.05) is 11.9 Å². The van der Waals surface area contributed by atoms with Crippen LogP contribution in [0.15, 0.2) is 47.4 Å². The van der Waals surface area contributed by atoms with Gasteiger partial charge in [-0.2, -0.15) is 0 Å². The summed E-state index contributed by atoms with van der Waals surface area (Å²) in [7, 11) is 0. The molecule has 138 valence electrons. The molecule has 0 spiro atoms. The highest BCUT2D eigenvalue weighted by Gasteiger charge is 2.33. The Kier molecular flexibility index (Phi) is 5.57. The molecule has 0 atom stereocenters. The summed E-state index contributed by atoms with van der Waals surface area (Å²) in [6.07, 6.45) is 1.43. The second-order valence-corrected chi connectivity index (χ2v) is 7.51. The number of carbonyl (C=O) groups is 2. The Morgan fingerprint density at radius 1 is 1.33 bits per heavy atom. The number of phenolic OH excluding ortho intramolecular Hbond substituents is 1. The molecule has 1 heterocycles. The summed E-state index contributed by atoms with van der Waals surface area (Å²) in [6.45, 7) is 1.49. The molecule has 1 aliphatic rings. The number of thioether (sulfide) groups is 1. The number of thiocarbonyl (C=S) groups is 1. The minimum absolute atomic E-state index is 0.0979. The van der Waals surface area contributed by atoms with Crippen LogP contribution in [0, 0.1) is 12.7 Å². The highest BCUT2D eigenvalue weighted by Crippen LogP contribution is 2.32. The van der Waals surface area contributed by atoms with E-state index in [0.29, 0.717) is 11.3 Å². The van der Waals surface area contributed by atoms with Crippen LogP contribution in [0.2, 0.25) is 0 Å². The van der Waals surface area contributed by atoms with Crippen LogP contribution in [0.25, 0.3) is 6.08 Å². The Bertz CT molecular complexity index is 975. The van der Waals surface area contributed by atoms with E-state index in [0.717, 1.165) is 11.8 Å². The van der Waals surface area contributed by atoms with Crippen molar-refractivity contribution in [3.05, 3.63) is 64.3 Å². The van der Waals surface area contributed by atoms with E-state index < -0.39 is 17.6 Å². The monoisotopic (exact) mass is 402 g/mol. The predicted octanol–water partition coefficient (Wildman–Crippen LogP) is 3.68. The predicted molar refractivity (Wildman–Crippen MR) is 108 cm³/mol. The van der Waals surface area contributed by atoms with Gasteiger partial charge in [-0.05, 0) is 42.8 Å². The topological polar surface area (TPSA) is 69.6 Å². The van der Waals surface area contributed by atoms with Crippen molar-refractivity contribution in [2.45, 2.75) is 6.92 Å². The van der Waals surface area contributed by atoms with Gasteiger partial charge in [-0.25, -0.2) is 4.39 Å². The standard InChI is InChI=1S/C19H15FN2O3S2/c1-11-8-13(23)6-7-15(11)21-17(24)10-22-18(25)16(27-19(22)26)9-12-4-2-3-5-14(12)20/h2-9,23H,10H2,1H3,(H,21,24)/b16-9-. The second-order valence-electron chi connectivity index (χ2n) is 5.84. The molecule has 1 saturated heterocycles. The van der Waals surface area contributed by atoms with Gasteiger partial charge in [-0.3, -0.25) is 14.5 Å². The number of hydrogen-bond donors (Lipinski definition) is 2. The molecule has 3 rings (SSSR count). The van der Waals surface area contributed by atoms with Crippen LogP contribution in [-0.2, 0) is 9.59 Å². The molecule has 0 unspecified atom stereocenters. The van der Waals surface area contributed by atoms with Crippen molar-refractivity contribution in [2.24, 2.45) is 0 Å². The van der Waals surface area contributed by atoms with E-state index in [1.165, 1.54) is 29.2 Å². The largest absolute Gasteiger partial charge is 0.508 e. The molecule has 2 N–H and O–H groups in total. The average Bonchev–Trinajstić information content (AvgIpc) is 2.87. The number of aryl methyl sites for hydroxylation is 1. The van der Waals surface area contributed by atoms with Gasteiger partial charge in [0.15, 0.2) is 0 Å². The van der Waals surface area contributed by atoms with Crippen molar-refractivity contribution >= 4 is 51.9 Å². The molecule has 27 heavy (non-hydrogen) atoms. The van der Waals surface area contributed by atoms with E-state index in [1.54, 1.807) is 31.2 Å². The number of carbonyl (C=O) groups excluding carboxylic acids is 2. The molecule has 2 aromatic rings. The summed E-state index contributed by atoms with van der Waals surface area (Å²) in [5.41, 5.74) is 1.50. The first-order valence-corrected chi connectivity index (χ1v) is 9.17. The lowest BCUT2D eigenvalue weighted by Gasteiger charge is -2.15. The summed E-state index contributed by atoms with van der Waals surface area (Å²) in [5.74, 6) is -1.21. The van der Waals surface area contributed by atoms with E-state index >= 15 is 0 Å². The summed E-state index contributed by atoms with van der Waals surface area (Å²) in [6, 6.07) is 10.6. The van der Waals surface area contributed by atoms with Gasteiger partial charge >= 0.3 is 0 Å². The molecule has 8 heteroatoms. The number of nitrogens with zero attached hydrogens (tertiary/aromatic N) is 1. The van der Waals surface area contributed by atoms with Crippen LogP contribution in [0.5, 0.6) is 5.75 Å². The van der Waals surface area contributed by atoms with Gasteiger partial charge in [0.1, 0.15) is 22.4 Å². The number of aromatic hydroxyl groups is 1. The fourth-order valence-electron chi connectivity index (χ4n) is 2.49. The molecule has 0 bridgehead atoms. The molecule has 5 nitrogen and oxygen atoms in total. The highest BCUT2D eigenvalue weighted by atomic mass is 32.2. The quantitative estimate of drug-likeness (QED) is 0.464. The summed E-state index contributed by atoms with van der Waals surface area (Å²) >= 11 is 6.22. The third-order valence-corrected chi connectivity index (χ3v) is 5.23. The number of anilines is 1. The van der Waals surface area contributed by atoms with Crippen molar-refractivity contribution < 1.29 is 19.1 Å². The van der Waals surface area contributed by atoms with Crippen LogP contribution < -0.4 is 5.32 Å². The normalized spacial score (nSPS) is 15.5. The molecule has 1 fully saturated rings. The maximum Gasteiger partial charge on any atom is 0.266 e.